The zero-order chi connectivity index (χ0) is 22.2. The number of nitrogens with two attached hydrogens (primary N) is 1. The second-order valence-electron chi connectivity index (χ2n) is 7.33. The smallest absolute Gasteiger partial charge is 0.366 e. The fourth-order valence-electron chi connectivity index (χ4n) is 3.52. The fraction of sp³-hybridized carbons (Fsp3) is 0.0800. The highest BCUT2D eigenvalue weighted by Gasteiger charge is 2.29. The second-order valence-corrected chi connectivity index (χ2v) is 7.33. The molecule has 0 spiro atoms. The Bertz CT molecular complexity index is 1270. The molecular formula is C25H19F3N2O. The molecule has 31 heavy (non-hydrogen) atoms. The molecule has 0 fully saturated rings. The lowest BCUT2D eigenvalue weighted by Crippen LogP contribution is -2.11. The molecule has 2 N–H and O–H groups in total. The zero-order valence-electron chi connectivity index (χ0n) is 16.5. The third kappa shape index (κ3) is 4.23. The Labute approximate surface area is 177 Å². The van der Waals surface area contributed by atoms with Crippen LogP contribution in [0.25, 0.3) is 27.6 Å². The van der Waals surface area contributed by atoms with Crippen molar-refractivity contribution in [2.75, 3.05) is 0 Å². The summed E-state index contributed by atoms with van der Waals surface area (Å²) in [6.45, 7) is 4.35. The molecule has 4 rings (SSSR count). The summed E-state index contributed by atoms with van der Waals surface area (Å²) < 4.78 is 40.3. The maximum Gasteiger partial charge on any atom is 0.416 e. The first-order valence-electron chi connectivity index (χ1n) is 9.57. The van der Waals surface area contributed by atoms with E-state index in [4.69, 9.17) is 5.73 Å². The summed E-state index contributed by atoms with van der Waals surface area (Å²) in [6.07, 6.45) is -2.37. The van der Waals surface area contributed by atoms with Gasteiger partial charge in [0, 0.05) is 29.2 Å². The van der Waals surface area contributed by atoms with Crippen LogP contribution in [0.4, 0.5) is 13.2 Å². The minimum atomic E-state index is -4.34. The van der Waals surface area contributed by atoms with Crippen LogP contribution in [0.15, 0.2) is 85.6 Å². The predicted molar refractivity (Wildman–Crippen MR) is 116 cm³/mol. The van der Waals surface area contributed by atoms with Crippen molar-refractivity contribution < 1.29 is 18.0 Å². The van der Waals surface area contributed by atoms with Crippen molar-refractivity contribution in [1.82, 2.24) is 4.57 Å². The summed E-state index contributed by atoms with van der Waals surface area (Å²) in [5, 5.41) is 0.973. The molecule has 156 valence electrons. The van der Waals surface area contributed by atoms with Gasteiger partial charge in [-0.2, -0.15) is 13.2 Å². The van der Waals surface area contributed by atoms with Crippen LogP contribution < -0.4 is 5.73 Å². The molecule has 0 atom stereocenters. The number of hydrogen-bond donors (Lipinski definition) is 1. The van der Waals surface area contributed by atoms with Gasteiger partial charge in [0.15, 0.2) is 0 Å². The van der Waals surface area contributed by atoms with Crippen LogP contribution in [-0.4, -0.2) is 10.5 Å². The van der Waals surface area contributed by atoms with Crippen molar-refractivity contribution in [2.45, 2.75) is 12.7 Å². The van der Waals surface area contributed by atoms with Crippen LogP contribution in [0.1, 0.15) is 16.7 Å². The highest BCUT2D eigenvalue weighted by atomic mass is 19.4. The molecule has 3 nitrogen and oxygen atoms in total. The van der Waals surface area contributed by atoms with Crippen LogP contribution in [0.3, 0.4) is 0 Å². The number of rotatable bonds is 5. The maximum absolute atomic E-state index is 12.7. The number of benzene rings is 3. The average molecular weight is 420 g/mol. The average Bonchev–Trinajstić information content (AvgIpc) is 3.15. The lowest BCUT2D eigenvalue weighted by Gasteiger charge is -2.10. The lowest BCUT2D eigenvalue weighted by atomic mass is 10.0. The summed E-state index contributed by atoms with van der Waals surface area (Å²) in [5.74, 6) is -0.549. The van der Waals surface area contributed by atoms with E-state index in [9.17, 15) is 18.0 Å². The number of nitrogens with zero attached hydrogens (tertiary/aromatic N) is 1. The molecule has 0 saturated heterocycles. The number of carbonyl (C=O) groups excluding carboxylic acids is 1. The second kappa shape index (κ2) is 7.80. The van der Waals surface area contributed by atoms with E-state index in [-0.39, 0.29) is 5.57 Å². The van der Waals surface area contributed by atoms with E-state index >= 15 is 0 Å². The molecule has 0 unspecified atom stereocenters. The number of amides is 1. The largest absolute Gasteiger partial charge is 0.416 e. The summed E-state index contributed by atoms with van der Waals surface area (Å²) in [7, 11) is 0. The first kappa shape index (κ1) is 20.5. The van der Waals surface area contributed by atoms with Gasteiger partial charge in [0.25, 0.3) is 0 Å². The molecule has 6 heteroatoms. The van der Waals surface area contributed by atoms with Crippen LogP contribution in [0.2, 0.25) is 0 Å². The monoisotopic (exact) mass is 420 g/mol. The molecule has 0 aliphatic carbocycles. The summed E-state index contributed by atoms with van der Waals surface area (Å²) >= 11 is 0. The molecule has 1 aromatic heterocycles. The SMILES string of the molecule is C=C(C(N)=O)c1ccc2c(ccn2Cc2ccc(-c3ccc(C(F)(F)F)cc3)cc2)c1. The molecule has 1 heterocycles. The molecule has 0 aliphatic rings. The van der Waals surface area contributed by atoms with Crippen LogP contribution >= 0.6 is 0 Å². The van der Waals surface area contributed by atoms with E-state index < -0.39 is 17.6 Å². The minimum absolute atomic E-state index is 0.272. The van der Waals surface area contributed by atoms with Gasteiger partial charge in [-0.1, -0.05) is 49.0 Å². The number of fused-ring (bicyclic) bond motifs is 1. The molecular weight excluding hydrogens is 401 g/mol. The van der Waals surface area contributed by atoms with E-state index in [0.717, 1.165) is 39.7 Å². The third-order valence-corrected chi connectivity index (χ3v) is 5.27. The first-order chi connectivity index (χ1) is 14.7. The third-order valence-electron chi connectivity index (χ3n) is 5.27. The summed E-state index contributed by atoms with van der Waals surface area (Å²) in [6, 6.07) is 20.5. The van der Waals surface area contributed by atoms with Crippen molar-refractivity contribution >= 4 is 22.4 Å². The number of primary amides is 1. The number of carbonyl (C=O) groups is 1. The normalized spacial score (nSPS) is 11.6. The standard InChI is InChI=1S/C25H19F3N2O/c1-16(24(29)31)20-8-11-23-21(14-20)12-13-30(23)15-17-2-4-18(5-3-17)19-6-9-22(10-7-19)25(26,27)28/h2-14H,1,15H2,(H2,29,31). The number of aromatic nitrogens is 1. The summed E-state index contributed by atoms with van der Waals surface area (Å²) in [5.41, 5.74) is 9.26. The molecule has 0 aliphatic heterocycles. The van der Waals surface area contributed by atoms with Crippen molar-refractivity contribution in [3.63, 3.8) is 0 Å². The van der Waals surface area contributed by atoms with Crippen molar-refractivity contribution in [3.8, 4) is 11.1 Å². The zero-order valence-corrected chi connectivity index (χ0v) is 16.5. The van der Waals surface area contributed by atoms with Gasteiger partial charge in [-0.25, -0.2) is 0 Å². The van der Waals surface area contributed by atoms with Gasteiger partial charge in [0.2, 0.25) is 5.91 Å². The Morgan fingerprint density at radius 2 is 1.52 bits per heavy atom. The van der Waals surface area contributed by atoms with Crippen LogP contribution in [0, 0.1) is 0 Å². The van der Waals surface area contributed by atoms with E-state index in [0.29, 0.717) is 12.1 Å². The van der Waals surface area contributed by atoms with Gasteiger partial charge in [0.05, 0.1) is 5.56 Å². The number of alkyl halides is 3. The van der Waals surface area contributed by atoms with Gasteiger partial charge in [-0.3, -0.25) is 4.79 Å². The van der Waals surface area contributed by atoms with Gasteiger partial charge >= 0.3 is 6.18 Å². The fourth-order valence-corrected chi connectivity index (χ4v) is 3.52. The topological polar surface area (TPSA) is 48.0 Å². The Kier molecular flexibility index (Phi) is 5.15. The van der Waals surface area contributed by atoms with Crippen molar-refractivity contribution in [1.29, 1.82) is 0 Å². The number of halogens is 3. The van der Waals surface area contributed by atoms with E-state index in [1.54, 1.807) is 0 Å². The maximum atomic E-state index is 12.7. The molecule has 0 saturated carbocycles. The molecule has 0 radical (unpaired) electrons. The first-order valence-corrected chi connectivity index (χ1v) is 9.57. The molecule has 4 aromatic rings. The highest BCUT2D eigenvalue weighted by Crippen LogP contribution is 2.31. The van der Waals surface area contributed by atoms with Crippen LogP contribution in [-0.2, 0) is 17.5 Å². The van der Waals surface area contributed by atoms with Crippen molar-refractivity contribution in [3.05, 3.63) is 102 Å². The Balaban J connectivity index is 1.53. The van der Waals surface area contributed by atoms with Gasteiger partial charge in [-0.15, -0.1) is 0 Å². The minimum Gasteiger partial charge on any atom is -0.366 e. The van der Waals surface area contributed by atoms with E-state index in [1.807, 2.05) is 54.7 Å². The predicted octanol–water partition coefficient (Wildman–Crippen LogP) is 5.87. The highest BCUT2D eigenvalue weighted by molar-refractivity contribution is 6.18. The van der Waals surface area contributed by atoms with E-state index in [2.05, 4.69) is 11.1 Å². The van der Waals surface area contributed by atoms with Gasteiger partial charge in [-0.05, 0) is 52.6 Å². The number of hydrogen-bond acceptors (Lipinski definition) is 1. The summed E-state index contributed by atoms with van der Waals surface area (Å²) in [4.78, 5) is 11.3. The quantitative estimate of drug-likeness (QED) is 0.403. The Morgan fingerprint density at radius 3 is 2.10 bits per heavy atom. The van der Waals surface area contributed by atoms with E-state index in [1.165, 1.54) is 12.1 Å². The molecule has 0 bridgehead atoms. The molecule has 1 amide bonds. The van der Waals surface area contributed by atoms with Gasteiger partial charge in [0.1, 0.15) is 0 Å². The Morgan fingerprint density at radius 1 is 0.903 bits per heavy atom. The van der Waals surface area contributed by atoms with Crippen LogP contribution in [0.5, 0.6) is 0 Å². The Hall–Kier alpha value is -3.80. The van der Waals surface area contributed by atoms with Gasteiger partial charge < -0.3 is 10.3 Å². The van der Waals surface area contributed by atoms with Crippen molar-refractivity contribution in [2.24, 2.45) is 5.73 Å². The lowest BCUT2D eigenvalue weighted by molar-refractivity contribution is -0.137. The molecule has 3 aromatic carbocycles.